The molecule has 0 fully saturated rings. The molecule has 0 radical (unpaired) electrons. The molecule has 100 valence electrons. The fourth-order valence-corrected chi connectivity index (χ4v) is 1.90. The van der Waals surface area contributed by atoms with E-state index in [9.17, 15) is 9.18 Å². The first kappa shape index (κ1) is 13.7. The van der Waals surface area contributed by atoms with Crippen molar-refractivity contribution >= 4 is 18.5 Å². The molecular weight excluding hydrogens is 265 g/mol. The lowest BCUT2D eigenvalue weighted by Crippen LogP contribution is -2.26. The van der Waals surface area contributed by atoms with Gasteiger partial charge in [-0.15, -0.1) is 12.6 Å². The Bertz CT molecular complexity index is 609. The van der Waals surface area contributed by atoms with E-state index in [1.807, 2.05) is 26.0 Å². The highest BCUT2D eigenvalue weighted by Crippen LogP contribution is 2.18. The number of thiol groups is 1. The molecule has 1 unspecified atom stereocenters. The van der Waals surface area contributed by atoms with Gasteiger partial charge in [-0.05, 0) is 44.2 Å². The Morgan fingerprint density at radius 1 is 1.37 bits per heavy atom. The van der Waals surface area contributed by atoms with Gasteiger partial charge in [0.25, 0.3) is 5.91 Å². The summed E-state index contributed by atoms with van der Waals surface area (Å²) in [5.41, 5.74) is 0.363. The second kappa shape index (κ2) is 5.48. The lowest BCUT2D eigenvalue weighted by Gasteiger charge is -2.11. The van der Waals surface area contributed by atoms with Crippen LogP contribution in [0.5, 0.6) is 0 Å². The Labute approximate surface area is 116 Å². The molecule has 1 amide bonds. The number of benzene rings is 1. The van der Waals surface area contributed by atoms with E-state index in [4.69, 9.17) is 4.42 Å². The number of hydrogen-bond acceptors (Lipinski definition) is 3. The summed E-state index contributed by atoms with van der Waals surface area (Å²) in [6.45, 7) is 3.66. The fraction of sp³-hybridized carbons (Fsp3) is 0.214. The molecule has 2 aromatic rings. The molecule has 0 bridgehead atoms. The van der Waals surface area contributed by atoms with Crippen LogP contribution in [0.3, 0.4) is 0 Å². The Kier molecular flexibility index (Phi) is 3.95. The number of aryl methyl sites for hydroxylation is 1. The van der Waals surface area contributed by atoms with Crippen molar-refractivity contribution in [2.45, 2.75) is 24.8 Å². The molecule has 1 heterocycles. The molecule has 0 spiro atoms. The summed E-state index contributed by atoms with van der Waals surface area (Å²) in [4.78, 5) is 12.1. The zero-order chi connectivity index (χ0) is 14.0. The lowest BCUT2D eigenvalue weighted by molar-refractivity contribution is 0.0935. The van der Waals surface area contributed by atoms with Crippen LogP contribution in [0.25, 0.3) is 0 Å². The zero-order valence-electron chi connectivity index (χ0n) is 10.6. The minimum Gasteiger partial charge on any atom is -0.464 e. The van der Waals surface area contributed by atoms with E-state index in [1.165, 1.54) is 18.2 Å². The molecular formula is C14H14FNO2S. The molecule has 2 rings (SSSR count). The number of halogens is 1. The number of nitrogens with one attached hydrogen (secondary N) is 1. The van der Waals surface area contributed by atoms with Gasteiger partial charge in [0.15, 0.2) is 0 Å². The summed E-state index contributed by atoms with van der Waals surface area (Å²) in [5, 5.41) is 2.78. The van der Waals surface area contributed by atoms with E-state index in [2.05, 4.69) is 17.9 Å². The van der Waals surface area contributed by atoms with E-state index in [1.54, 1.807) is 0 Å². The Morgan fingerprint density at radius 2 is 2.11 bits per heavy atom. The molecule has 0 aliphatic rings. The number of amides is 1. The average molecular weight is 279 g/mol. The molecule has 19 heavy (non-hydrogen) atoms. The minimum atomic E-state index is -0.449. The van der Waals surface area contributed by atoms with E-state index >= 15 is 0 Å². The number of carbonyl (C=O) groups is 1. The van der Waals surface area contributed by atoms with Crippen molar-refractivity contribution in [2.24, 2.45) is 0 Å². The highest BCUT2D eigenvalue weighted by atomic mass is 32.1. The second-order valence-corrected chi connectivity index (χ2v) is 4.79. The standard InChI is InChI=1S/C14H14FNO2S/c1-8-3-6-12(18-8)9(2)16-14(17)10-4-5-11(15)13(19)7-10/h3-7,9,19H,1-2H3,(H,16,17). The molecule has 1 atom stereocenters. The summed E-state index contributed by atoms with van der Waals surface area (Å²) in [6.07, 6.45) is 0. The van der Waals surface area contributed by atoms with Crippen LogP contribution in [0.1, 0.15) is 34.8 Å². The quantitative estimate of drug-likeness (QED) is 0.844. The van der Waals surface area contributed by atoms with Gasteiger partial charge in [-0.2, -0.15) is 0 Å². The highest BCUT2D eigenvalue weighted by Gasteiger charge is 2.14. The van der Waals surface area contributed by atoms with Gasteiger partial charge in [0.05, 0.1) is 6.04 Å². The van der Waals surface area contributed by atoms with Crippen LogP contribution in [0, 0.1) is 12.7 Å². The number of hydrogen-bond donors (Lipinski definition) is 2. The van der Waals surface area contributed by atoms with Gasteiger partial charge in [-0.25, -0.2) is 4.39 Å². The van der Waals surface area contributed by atoms with Gasteiger partial charge in [0, 0.05) is 10.5 Å². The lowest BCUT2D eigenvalue weighted by atomic mass is 10.2. The third-order valence-electron chi connectivity index (χ3n) is 2.74. The summed E-state index contributed by atoms with van der Waals surface area (Å²) in [5.74, 6) is 0.723. The molecule has 3 nitrogen and oxygen atoms in total. The van der Waals surface area contributed by atoms with Crippen LogP contribution in [-0.2, 0) is 0 Å². The van der Waals surface area contributed by atoms with Gasteiger partial charge in [-0.1, -0.05) is 0 Å². The van der Waals surface area contributed by atoms with Crippen molar-refractivity contribution in [3.05, 3.63) is 53.2 Å². The van der Waals surface area contributed by atoms with Gasteiger partial charge in [0.2, 0.25) is 0 Å². The Balaban J connectivity index is 2.10. The summed E-state index contributed by atoms with van der Waals surface area (Å²) in [6, 6.07) is 7.43. The zero-order valence-corrected chi connectivity index (χ0v) is 11.5. The maximum Gasteiger partial charge on any atom is 0.251 e. The summed E-state index contributed by atoms with van der Waals surface area (Å²) in [7, 11) is 0. The van der Waals surface area contributed by atoms with Crippen LogP contribution in [0.15, 0.2) is 39.6 Å². The summed E-state index contributed by atoms with van der Waals surface area (Å²) < 4.78 is 18.5. The Hall–Kier alpha value is -1.75. The van der Waals surface area contributed by atoms with E-state index in [0.717, 1.165) is 5.76 Å². The third kappa shape index (κ3) is 3.17. The molecule has 1 N–H and O–H groups in total. The van der Waals surface area contributed by atoms with Crippen molar-refractivity contribution in [3.8, 4) is 0 Å². The topological polar surface area (TPSA) is 42.2 Å². The molecule has 5 heteroatoms. The smallest absolute Gasteiger partial charge is 0.251 e. The average Bonchev–Trinajstić information content (AvgIpc) is 2.79. The van der Waals surface area contributed by atoms with Crippen LogP contribution < -0.4 is 5.32 Å². The van der Waals surface area contributed by atoms with Crippen LogP contribution in [-0.4, -0.2) is 5.91 Å². The first-order valence-electron chi connectivity index (χ1n) is 5.83. The van der Waals surface area contributed by atoms with E-state index in [-0.39, 0.29) is 16.8 Å². The van der Waals surface area contributed by atoms with E-state index in [0.29, 0.717) is 11.3 Å². The first-order chi connectivity index (χ1) is 8.97. The van der Waals surface area contributed by atoms with Crippen molar-refractivity contribution in [3.63, 3.8) is 0 Å². The van der Waals surface area contributed by atoms with E-state index < -0.39 is 5.82 Å². The molecule has 0 saturated heterocycles. The number of carbonyl (C=O) groups excluding carboxylic acids is 1. The normalized spacial score (nSPS) is 12.2. The van der Waals surface area contributed by atoms with Gasteiger partial charge >= 0.3 is 0 Å². The summed E-state index contributed by atoms with van der Waals surface area (Å²) >= 11 is 3.95. The van der Waals surface area contributed by atoms with Gasteiger partial charge in [0.1, 0.15) is 17.3 Å². The second-order valence-electron chi connectivity index (χ2n) is 4.31. The fourth-order valence-electron chi connectivity index (χ4n) is 1.69. The predicted molar refractivity (Wildman–Crippen MR) is 73.0 cm³/mol. The largest absolute Gasteiger partial charge is 0.464 e. The van der Waals surface area contributed by atoms with Gasteiger partial charge < -0.3 is 9.73 Å². The van der Waals surface area contributed by atoms with Crippen molar-refractivity contribution in [2.75, 3.05) is 0 Å². The Morgan fingerprint density at radius 3 is 2.68 bits per heavy atom. The van der Waals surface area contributed by atoms with Crippen molar-refractivity contribution in [1.29, 1.82) is 0 Å². The molecule has 1 aromatic carbocycles. The predicted octanol–water partition coefficient (Wildman–Crippen LogP) is 3.51. The van der Waals surface area contributed by atoms with Crippen LogP contribution >= 0.6 is 12.6 Å². The minimum absolute atomic E-state index is 0.147. The third-order valence-corrected chi connectivity index (χ3v) is 3.09. The van der Waals surface area contributed by atoms with Crippen LogP contribution in [0.4, 0.5) is 4.39 Å². The maximum atomic E-state index is 13.1. The molecule has 1 aromatic heterocycles. The highest BCUT2D eigenvalue weighted by molar-refractivity contribution is 7.80. The monoisotopic (exact) mass is 279 g/mol. The van der Waals surface area contributed by atoms with Gasteiger partial charge in [-0.3, -0.25) is 4.79 Å². The SMILES string of the molecule is Cc1ccc(C(C)NC(=O)c2ccc(F)c(S)c2)o1. The first-order valence-corrected chi connectivity index (χ1v) is 6.28. The maximum absolute atomic E-state index is 13.1. The van der Waals surface area contributed by atoms with Crippen molar-refractivity contribution < 1.29 is 13.6 Å². The molecule has 0 saturated carbocycles. The number of furan rings is 1. The van der Waals surface area contributed by atoms with Crippen LogP contribution in [0.2, 0.25) is 0 Å². The number of rotatable bonds is 3. The molecule has 0 aliphatic carbocycles. The molecule has 0 aliphatic heterocycles. The van der Waals surface area contributed by atoms with Crippen molar-refractivity contribution in [1.82, 2.24) is 5.32 Å².